The number of hydrogen-bond acceptors (Lipinski definition) is 5. The molecule has 1 aliphatic rings. The summed E-state index contributed by atoms with van der Waals surface area (Å²) in [6, 6.07) is 2.15. The topological polar surface area (TPSA) is 71.0 Å². The fourth-order valence-electron chi connectivity index (χ4n) is 3.30. The molecule has 3 rings (SSSR count). The van der Waals surface area contributed by atoms with Gasteiger partial charge in [-0.15, -0.1) is 0 Å². The summed E-state index contributed by atoms with van der Waals surface area (Å²) in [4.78, 5) is 27.6. The van der Waals surface area contributed by atoms with Gasteiger partial charge in [0.2, 0.25) is 5.91 Å². The molecular weight excluding hydrogens is 302 g/mol. The molecule has 2 aromatic rings. The van der Waals surface area contributed by atoms with E-state index in [1.54, 1.807) is 18.6 Å². The Bertz CT molecular complexity index is 714. The van der Waals surface area contributed by atoms with E-state index in [0.29, 0.717) is 11.6 Å². The summed E-state index contributed by atoms with van der Waals surface area (Å²) in [6.07, 6.45) is 7.00. The van der Waals surface area contributed by atoms with Gasteiger partial charge in [0.1, 0.15) is 5.52 Å². The van der Waals surface area contributed by atoms with E-state index in [4.69, 9.17) is 0 Å². The van der Waals surface area contributed by atoms with E-state index in [0.717, 1.165) is 37.1 Å². The van der Waals surface area contributed by atoms with E-state index in [1.165, 1.54) is 0 Å². The molecule has 3 heterocycles. The Morgan fingerprint density at radius 1 is 1.29 bits per heavy atom. The van der Waals surface area contributed by atoms with Crippen LogP contribution < -0.4 is 10.2 Å². The minimum absolute atomic E-state index is 0.0586. The van der Waals surface area contributed by atoms with Crippen molar-refractivity contribution < 1.29 is 4.79 Å². The maximum absolute atomic E-state index is 12.2. The summed E-state index contributed by atoms with van der Waals surface area (Å²) in [5.74, 6) is 0.708. The minimum Gasteiger partial charge on any atom is -0.367 e. The molecular formula is C18H25N5O. The zero-order valence-corrected chi connectivity index (χ0v) is 14.6. The Balaban J connectivity index is 1.81. The van der Waals surface area contributed by atoms with Crippen molar-refractivity contribution in [1.82, 2.24) is 20.3 Å². The van der Waals surface area contributed by atoms with Gasteiger partial charge in [0, 0.05) is 43.6 Å². The van der Waals surface area contributed by atoms with Crippen LogP contribution in [-0.4, -0.2) is 40.0 Å². The second-order valence-corrected chi connectivity index (χ2v) is 6.82. The highest BCUT2D eigenvalue weighted by atomic mass is 16.1. The molecule has 0 bridgehead atoms. The lowest BCUT2D eigenvalue weighted by Crippen LogP contribution is -2.51. The first kappa shape index (κ1) is 16.6. The molecule has 0 aromatic carbocycles. The summed E-state index contributed by atoms with van der Waals surface area (Å²) < 4.78 is 0. The van der Waals surface area contributed by atoms with Crippen molar-refractivity contribution in [3.05, 3.63) is 24.7 Å². The lowest BCUT2D eigenvalue weighted by atomic mass is 9.94. The van der Waals surface area contributed by atoms with Crippen LogP contribution in [0.5, 0.6) is 0 Å². The number of fused-ring (bicyclic) bond motifs is 1. The van der Waals surface area contributed by atoms with Crippen LogP contribution in [0.4, 0.5) is 5.69 Å². The number of nitrogens with zero attached hydrogens (tertiary/aromatic N) is 4. The van der Waals surface area contributed by atoms with Crippen LogP contribution in [0.15, 0.2) is 24.7 Å². The van der Waals surface area contributed by atoms with Gasteiger partial charge in [-0.3, -0.25) is 4.79 Å². The molecule has 1 saturated heterocycles. The fourth-order valence-corrected chi connectivity index (χ4v) is 3.30. The van der Waals surface area contributed by atoms with E-state index in [1.807, 2.05) is 19.9 Å². The Morgan fingerprint density at radius 2 is 2.04 bits per heavy atom. The summed E-state index contributed by atoms with van der Waals surface area (Å²) in [7, 11) is 0. The maximum Gasteiger partial charge on any atom is 0.223 e. The molecule has 1 aliphatic heterocycles. The Hall–Kier alpha value is -2.24. The molecule has 24 heavy (non-hydrogen) atoms. The third-order valence-electron chi connectivity index (χ3n) is 4.76. The zero-order valence-electron chi connectivity index (χ0n) is 14.6. The molecule has 3 atom stereocenters. The van der Waals surface area contributed by atoms with Crippen molar-refractivity contribution >= 4 is 22.8 Å². The van der Waals surface area contributed by atoms with Crippen LogP contribution in [0.25, 0.3) is 11.2 Å². The van der Waals surface area contributed by atoms with Crippen LogP contribution in [-0.2, 0) is 4.79 Å². The third-order valence-corrected chi connectivity index (χ3v) is 4.76. The SMILES string of the molecule is CCC(C)C(=O)N[C@@H]1C[C@H](C)CN(c2ccnc3nccnc23)C1. The van der Waals surface area contributed by atoms with Gasteiger partial charge in [0.25, 0.3) is 0 Å². The third kappa shape index (κ3) is 3.47. The van der Waals surface area contributed by atoms with Crippen LogP contribution in [0.2, 0.25) is 0 Å². The summed E-state index contributed by atoms with van der Waals surface area (Å²) in [5.41, 5.74) is 2.52. The number of piperidine rings is 1. The molecule has 0 radical (unpaired) electrons. The number of carbonyl (C=O) groups excluding carboxylic acids is 1. The number of anilines is 1. The predicted octanol–water partition coefficient (Wildman–Crippen LogP) is 2.40. The highest BCUT2D eigenvalue weighted by Crippen LogP contribution is 2.27. The summed E-state index contributed by atoms with van der Waals surface area (Å²) in [5, 5.41) is 3.22. The average Bonchev–Trinajstić information content (AvgIpc) is 2.60. The van der Waals surface area contributed by atoms with E-state index < -0.39 is 0 Å². The number of aromatic nitrogens is 3. The first-order valence-electron chi connectivity index (χ1n) is 8.69. The standard InChI is InChI=1S/C18H25N5O/c1-4-13(3)18(24)22-14-9-12(2)10-23(11-14)15-5-6-20-17-16(15)19-7-8-21-17/h5-8,12-14H,4,9-11H2,1-3H3,(H,22,24)/t12-,13?,14+/m0/s1. The number of hydrogen-bond donors (Lipinski definition) is 1. The Kier molecular flexibility index (Phi) is 4.92. The molecule has 0 saturated carbocycles. The molecule has 0 aliphatic carbocycles. The second-order valence-electron chi connectivity index (χ2n) is 6.82. The number of rotatable bonds is 4. The van der Waals surface area contributed by atoms with Gasteiger partial charge < -0.3 is 10.2 Å². The Morgan fingerprint density at radius 3 is 2.83 bits per heavy atom. The normalized spacial score (nSPS) is 22.4. The van der Waals surface area contributed by atoms with Crippen LogP contribution >= 0.6 is 0 Å². The molecule has 1 amide bonds. The van der Waals surface area contributed by atoms with Crippen LogP contribution in [0, 0.1) is 11.8 Å². The lowest BCUT2D eigenvalue weighted by molar-refractivity contribution is -0.125. The molecule has 0 spiro atoms. The molecule has 1 unspecified atom stereocenters. The van der Waals surface area contributed by atoms with Crippen molar-refractivity contribution in [3.63, 3.8) is 0 Å². The zero-order chi connectivity index (χ0) is 17.1. The van der Waals surface area contributed by atoms with Crippen molar-refractivity contribution in [3.8, 4) is 0 Å². The van der Waals surface area contributed by atoms with Crippen LogP contribution in [0.1, 0.15) is 33.6 Å². The van der Waals surface area contributed by atoms with E-state index in [9.17, 15) is 4.79 Å². The van der Waals surface area contributed by atoms with Gasteiger partial charge in [-0.1, -0.05) is 20.8 Å². The van der Waals surface area contributed by atoms with E-state index in [-0.39, 0.29) is 17.9 Å². The second kappa shape index (κ2) is 7.11. The fraction of sp³-hybridized carbons (Fsp3) is 0.556. The van der Waals surface area contributed by atoms with Gasteiger partial charge in [-0.2, -0.15) is 0 Å². The van der Waals surface area contributed by atoms with Crippen molar-refractivity contribution in [2.45, 2.75) is 39.7 Å². The smallest absolute Gasteiger partial charge is 0.223 e. The summed E-state index contributed by atoms with van der Waals surface area (Å²) in [6.45, 7) is 7.99. The summed E-state index contributed by atoms with van der Waals surface area (Å²) >= 11 is 0. The molecule has 6 heteroatoms. The first-order chi connectivity index (χ1) is 11.6. The van der Waals surface area contributed by atoms with Crippen LogP contribution in [0.3, 0.4) is 0 Å². The highest BCUT2D eigenvalue weighted by molar-refractivity contribution is 5.85. The van der Waals surface area contributed by atoms with Gasteiger partial charge in [-0.05, 0) is 24.8 Å². The Labute approximate surface area is 142 Å². The monoisotopic (exact) mass is 327 g/mol. The lowest BCUT2D eigenvalue weighted by Gasteiger charge is -2.38. The quantitative estimate of drug-likeness (QED) is 0.934. The average molecular weight is 327 g/mol. The van der Waals surface area contributed by atoms with Gasteiger partial charge in [0.15, 0.2) is 5.65 Å². The number of amides is 1. The molecule has 128 valence electrons. The van der Waals surface area contributed by atoms with Gasteiger partial charge in [-0.25, -0.2) is 15.0 Å². The number of carbonyl (C=O) groups is 1. The molecule has 1 N–H and O–H groups in total. The predicted molar refractivity (Wildman–Crippen MR) is 94.7 cm³/mol. The highest BCUT2D eigenvalue weighted by Gasteiger charge is 2.28. The molecule has 1 fully saturated rings. The largest absolute Gasteiger partial charge is 0.367 e. The van der Waals surface area contributed by atoms with Crippen molar-refractivity contribution in [2.75, 3.05) is 18.0 Å². The van der Waals surface area contributed by atoms with Crippen molar-refractivity contribution in [1.29, 1.82) is 0 Å². The van der Waals surface area contributed by atoms with E-state index in [2.05, 4.69) is 32.1 Å². The number of nitrogens with one attached hydrogen (secondary N) is 1. The van der Waals surface area contributed by atoms with E-state index >= 15 is 0 Å². The molecule has 2 aromatic heterocycles. The van der Waals surface area contributed by atoms with Gasteiger partial charge >= 0.3 is 0 Å². The number of pyridine rings is 1. The van der Waals surface area contributed by atoms with Crippen molar-refractivity contribution in [2.24, 2.45) is 11.8 Å². The maximum atomic E-state index is 12.2. The minimum atomic E-state index is 0.0586. The molecule has 6 nitrogen and oxygen atoms in total. The first-order valence-corrected chi connectivity index (χ1v) is 8.69. The van der Waals surface area contributed by atoms with Gasteiger partial charge in [0.05, 0.1) is 5.69 Å².